The molecule has 8 heteroatoms. The summed E-state index contributed by atoms with van der Waals surface area (Å²) in [4.78, 5) is 26.0. The molecule has 35 heavy (non-hydrogen) atoms. The molecular weight excluding hydrogens is 448 g/mol. The Kier molecular flexibility index (Phi) is 9.76. The SMILES string of the molecule is CCCCCCN(CCCCCC)C(=O)OCc1cc2c(cc1[N+](=O)[O-])oc1cc(OC)ccc12. The zero-order valence-corrected chi connectivity index (χ0v) is 21.0. The summed E-state index contributed by atoms with van der Waals surface area (Å²) in [5.74, 6) is 0.637. The second-order valence-electron chi connectivity index (χ2n) is 8.86. The van der Waals surface area contributed by atoms with E-state index in [-0.39, 0.29) is 12.3 Å². The third-order valence-electron chi connectivity index (χ3n) is 6.25. The maximum atomic E-state index is 12.9. The van der Waals surface area contributed by atoms with Gasteiger partial charge in [0.2, 0.25) is 0 Å². The van der Waals surface area contributed by atoms with Crippen LogP contribution in [0.4, 0.5) is 10.5 Å². The van der Waals surface area contributed by atoms with Crippen molar-refractivity contribution in [3.8, 4) is 5.75 Å². The van der Waals surface area contributed by atoms with Crippen LogP contribution in [-0.2, 0) is 11.3 Å². The molecule has 0 fully saturated rings. The van der Waals surface area contributed by atoms with Gasteiger partial charge in [0.05, 0.1) is 23.7 Å². The van der Waals surface area contributed by atoms with Crippen LogP contribution in [0.15, 0.2) is 34.7 Å². The number of nitro benzene ring substituents is 1. The molecule has 0 radical (unpaired) electrons. The molecule has 0 unspecified atom stereocenters. The quantitative estimate of drug-likeness (QED) is 0.133. The van der Waals surface area contributed by atoms with Gasteiger partial charge in [-0.1, -0.05) is 52.4 Å². The van der Waals surface area contributed by atoms with E-state index in [1.54, 1.807) is 24.1 Å². The minimum Gasteiger partial charge on any atom is -0.497 e. The molecule has 1 amide bonds. The zero-order valence-electron chi connectivity index (χ0n) is 21.0. The van der Waals surface area contributed by atoms with E-state index >= 15 is 0 Å². The molecule has 0 saturated heterocycles. The van der Waals surface area contributed by atoms with E-state index < -0.39 is 11.0 Å². The summed E-state index contributed by atoms with van der Waals surface area (Å²) in [6.45, 7) is 5.41. The first-order valence-corrected chi connectivity index (χ1v) is 12.6. The van der Waals surface area contributed by atoms with Gasteiger partial charge in [0.25, 0.3) is 5.69 Å². The number of carbonyl (C=O) groups excluding carboxylic acids is 1. The largest absolute Gasteiger partial charge is 0.497 e. The summed E-state index contributed by atoms with van der Waals surface area (Å²) in [5.41, 5.74) is 1.19. The summed E-state index contributed by atoms with van der Waals surface area (Å²) >= 11 is 0. The van der Waals surface area contributed by atoms with Crippen LogP contribution in [0.5, 0.6) is 5.75 Å². The highest BCUT2D eigenvalue weighted by atomic mass is 16.6. The lowest BCUT2D eigenvalue weighted by molar-refractivity contribution is -0.385. The van der Waals surface area contributed by atoms with Crippen LogP contribution in [-0.4, -0.2) is 36.1 Å². The minimum absolute atomic E-state index is 0.131. The lowest BCUT2D eigenvalue weighted by atomic mass is 10.1. The van der Waals surface area contributed by atoms with E-state index in [1.165, 1.54) is 6.07 Å². The number of unbranched alkanes of at least 4 members (excludes halogenated alkanes) is 6. The standard InChI is InChI=1S/C27H36N2O6/c1-4-6-8-10-14-28(15-11-9-7-5-2)27(30)34-19-20-16-23-22-13-12-21(33-3)17-25(22)35-26(23)18-24(20)29(31)32/h12-13,16-18H,4-11,14-15,19H2,1-3H3. The minimum atomic E-state index is -0.469. The predicted molar refractivity (Wildman–Crippen MR) is 137 cm³/mol. The van der Waals surface area contributed by atoms with Crippen molar-refractivity contribution in [2.24, 2.45) is 0 Å². The van der Waals surface area contributed by atoms with Crippen molar-refractivity contribution >= 4 is 33.7 Å². The Bertz CT molecular complexity index is 1130. The molecule has 0 aliphatic heterocycles. The van der Waals surface area contributed by atoms with Crippen LogP contribution in [0, 0.1) is 10.1 Å². The lowest BCUT2D eigenvalue weighted by Gasteiger charge is -2.22. The normalized spacial score (nSPS) is 11.2. The number of benzene rings is 2. The molecule has 0 atom stereocenters. The summed E-state index contributed by atoms with van der Waals surface area (Å²) in [5, 5.41) is 13.3. The van der Waals surface area contributed by atoms with Crippen LogP contribution in [0.1, 0.15) is 70.8 Å². The van der Waals surface area contributed by atoms with Gasteiger partial charge < -0.3 is 18.8 Å². The lowest BCUT2D eigenvalue weighted by Crippen LogP contribution is -2.33. The van der Waals surface area contributed by atoms with Gasteiger partial charge in [0.15, 0.2) is 0 Å². The van der Waals surface area contributed by atoms with Crippen LogP contribution < -0.4 is 4.74 Å². The highest BCUT2D eigenvalue weighted by molar-refractivity contribution is 6.06. The summed E-state index contributed by atoms with van der Waals surface area (Å²) in [7, 11) is 1.57. The zero-order chi connectivity index (χ0) is 25.2. The van der Waals surface area contributed by atoms with Crippen molar-refractivity contribution in [3.63, 3.8) is 0 Å². The smallest absolute Gasteiger partial charge is 0.410 e. The highest BCUT2D eigenvalue weighted by Gasteiger charge is 2.22. The Morgan fingerprint density at radius 1 is 0.943 bits per heavy atom. The molecular formula is C27H36N2O6. The van der Waals surface area contributed by atoms with E-state index in [0.29, 0.717) is 35.6 Å². The number of fused-ring (bicyclic) bond motifs is 3. The first kappa shape index (κ1) is 26.3. The number of amides is 1. The number of ether oxygens (including phenoxy) is 2. The molecule has 1 heterocycles. The molecule has 0 saturated carbocycles. The number of methoxy groups -OCH3 is 1. The van der Waals surface area contributed by atoms with E-state index in [9.17, 15) is 14.9 Å². The van der Waals surface area contributed by atoms with E-state index in [2.05, 4.69) is 13.8 Å². The fourth-order valence-corrected chi connectivity index (χ4v) is 4.23. The second-order valence-corrected chi connectivity index (χ2v) is 8.86. The molecule has 0 N–H and O–H groups in total. The molecule has 0 aliphatic carbocycles. The molecule has 1 aromatic heterocycles. The van der Waals surface area contributed by atoms with Crippen molar-refractivity contribution in [2.45, 2.75) is 71.8 Å². The van der Waals surface area contributed by atoms with Gasteiger partial charge in [0.1, 0.15) is 23.5 Å². The third-order valence-corrected chi connectivity index (χ3v) is 6.25. The van der Waals surface area contributed by atoms with Gasteiger partial charge in [-0.15, -0.1) is 0 Å². The number of furan rings is 1. The first-order valence-electron chi connectivity index (χ1n) is 12.6. The molecule has 0 bridgehead atoms. The molecule has 3 rings (SSSR count). The number of nitro groups is 1. The van der Waals surface area contributed by atoms with Gasteiger partial charge in [-0.25, -0.2) is 4.79 Å². The van der Waals surface area contributed by atoms with Crippen molar-refractivity contribution in [3.05, 3.63) is 46.0 Å². The molecule has 2 aromatic carbocycles. The fraction of sp³-hybridized carbons (Fsp3) is 0.519. The van der Waals surface area contributed by atoms with Crippen molar-refractivity contribution in [1.82, 2.24) is 4.90 Å². The van der Waals surface area contributed by atoms with Crippen molar-refractivity contribution in [2.75, 3.05) is 20.2 Å². The monoisotopic (exact) mass is 484 g/mol. The molecule has 3 aromatic rings. The fourth-order valence-electron chi connectivity index (χ4n) is 4.23. The molecule has 190 valence electrons. The van der Waals surface area contributed by atoms with Crippen LogP contribution in [0.25, 0.3) is 21.9 Å². The van der Waals surface area contributed by atoms with E-state index in [1.807, 2.05) is 12.1 Å². The number of nitrogens with zero attached hydrogens (tertiary/aromatic N) is 2. The Balaban J connectivity index is 1.78. The van der Waals surface area contributed by atoms with Crippen LogP contribution >= 0.6 is 0 Å². The van der Waals surface area contributed by atoms with Gasteiger partial charge >= 0.3 is 6.09 Å². The number of hydrogen-bond donors (Lipinski definition) is 0. The van der Waals surface area contributed by atoms with E-state index in [4.69, 9.17) is 13.9 Å². The summed E-state index contributed by atoms with van der Waals surface area (Å²) in [6.07, 6.45) is 8.08. The number of hydrogen-bond acceptors (Lipinski definition) is 6. The van der Waals surface area contributed by atoms with Crippen molar-refractivity contribution in [1.29, 1.82) is 0 Å². The number of rotatable bonds is 14. The van der Waals surface area contributed by atoms with Gasteiger partial charge in [-0.2, -0.15) is 0 Å². The average molecular weight is 485 g/mol. The maximum Gasteiger partial charge on any atom is 0.410 e. The Hall–Kier alpha value is -3.29. The highest BCUT2D eigenvalue weighted by Crippen LogP contribution is 2.35. The van der Waals surface area contributed by atoms with Gasteiger partial charge in [-0.05, 0) is 31.0 Å². The second kappa shape index (κ2) is 13.0. The summed E-state index contributed by atoms with van der Waals surface area (Å²) < 4.78 is 16.7. The Morgan fingerprint density at radius 3 is 2.20 bits per heavy atom. The Morgan fingerprint density at radius 2 is 1.60 bits per heavy atom. The Labute approximate surface area is 206 Å². The molecule has 0 aliphatic rings. The third kappa shape index (κ3) is 6.87. The predicted octanol–water partition coefficient (Wildman–Crippen LogP) is 7.60. The first-order chi connectivity index (χ1) is 17.0. The number of carbonyl (C=O) groups is 1. The van der Waals surface area contributed by atoms with Crippen LogP contribution in [0.3, 0.4) is 0 Å². The topological polar surface area (TPSA) is 95.1 Å². The van der Waals surface area contributed by atoms with Gasteiger partial charge in [-0.3, -0.25) is 10.1 Å². The van der Waals surface area contributed by atoms with E-state index in [0.717, 1.165) is 62.1 Å². The summed E-state index contributed by atoms with van der Waals surface area (Å²) in [6, 6.07) is 8.50. The maximum absolute atomic E-state index is 12.9. The van der Waals surface area contributed by atoms with Crippen LogP contribution in [0.2, 0.25) is 0 Å². The average Bonchev–Trinajstić information content (AvgIpc) is 3.22. The molecule has 8 nitrogen and oxygen atoms in total. The van der Waals surface area contributed by atoms with Gasteiger partial charge in [0, 0.05) is 29.9 Å². The molecule has 0 spiro atoms. The van der Waals surface area contributed by atoms with Crippen molar-refractivity contribution < 1.29 is 23.6 Å².